The molecule has 1 heteroatoms. The smallest absolute Gasteiger partial charge is 0.133 e. The van der Waals surface area contributed by atoms with E-state index in [1.165, 1.54) is 18.4 Å². The SMILES string of the molecule is CC1=C[C@@H]2CC(=O)C[C@@H](C1)C2. The first-order chi connectivity index (χ1) is 5.24. The fraction of sp³-hybridized carbons (Fsp3) is 0.700. The van der Waals surface area contributed by atoms with Gasteiger partial charge in [0.1, 0.15) is 5.78 Å². The zero-order valence-corrected chi connectivity index (χ0v) is 6.97. The highest BCUT2D eigenvalue weighted by molar-refractivity contribution is 5.80. The third-order valence-electron chi connectivity index (χ3n) is 2.77. The second kappa shape index (κ2) is 2.47. The van der Waals surface area contributed by atoms with E-state index in [0.29, 0.717) is 17.6 Å². The molecule has 2 bridgehead atoms. The first kappa shape index (κ1) is 7.08. The summed E-state index contributed by atoms with van der Waals surface area (Å²) >= 11 is 0. The zero-order chi connectivity index (χ0) is 7.84. The quantitative estimate of drug-likeness (QED) is 0.484. The van der Waals surface area contributed by atoms with E-state index in [0.717, 1.165) is 12.8 Å². The molecule has 0 unspecified atom stereocenters. The van der Waals surface area contributed by atoms with E-state index in [-0.39, 0.29) is 0 Å². The molecular weight excluding hydrogens is 136 g/mol. The van der Waals surface area contributed by atoms with Crippen molar-refractivity contribution < 1.29 is 4.79 Å². The Balaban J connectivity index is 2.19. The van der Waals surface area contributed by atoms with Gasteiger partial charge < -0.3 is 0 Å². The average molecular weight is 150 g/mol. The van der Waals surface area contributed by atoms with Crippen LogP contribution in [0, 0.1) is 11.8 Å². The highest BCUT2D eigenvalue weighted by atomic mass is 16.1. The number of Topliss-reactive ketones (excluding diaryl/α,β-unsaturated/α-hetero) is 1. The molecule has 0 radical (unpaired) electrons. The molecule has 0 aromatic carbocycles. The van der Waals surface area contributed by atoms with Crippen molar-refractivity contribution in [2.24, 2.45) is 11.8 Å². The van der Waals surface area contributed by atoms with Gasteiger partial charge in [-0.3, -0.25) is 4.79 Å². The van der Waals surface area contributed by atoms with Gasteiger partial charge in [-0.2, -0.15) is 0 Å². The van der Waals surface area contributed by atoms with E-state index in [9.17, 15) is 4.79 Å². The van der Waals surface area contributed by atoms with E-state index >= 15 is 0 Å². The number of hydrogen-bond acceptors (Lipinski definition) is 1. The van der Waals surface area contributed by atoms with Crippen molar-refractivity contribution in [2.75, 3.05) is 0 Å². The van der Waals surface area contributed by atoms with Gasteiger partial charge in [0.05, 0.1) is 0 Å². The lowest BCUT2D eigenvalue weighted by Crippen LogP contribution is -2.25. The van der Waals surface area contributed by atoms with Crippen LogP contribution in [0.1, 0.15) is 32.6 Å². The van der Waals surface area contributed by atoms with E-state index < -0.39 is 0 Å². The van der Waals surface area contributed by atoms with Crippen molar-refractivity contribution >= 4 is 5.78 Å². The van der Waals surface area contributed by atoms with Crippen molar-refractivity contribution in [3.05, 3.63) is 11.6 Å². The maximum Gasteiger partial charge on any atom is 0.133 e. The molecule has 0 amide bonds. The maximum absolute atomic E-state index is 11.2. The highest BCUT2D eigenvalue weighted by Crippen LogP contribution is 2.36. The molecular formula is C10H14O. The third kappa shape index (κ3) is 1.37. The molecule has 2 atom stereocenters. The summed E-state index contributed by atoms with van der Waals surface area (Å²) in [5, 5.41) is 0. The van der Waals surface area contributed by atoms with E-state index in [2.05, 4.69) is 13.0 Å². The highest BCUT2D eigenvalue weighted by Gasteiger charge is 2.29. The van der Waals surface area contributed by atoms with Crippen LogP contribution in [0.5, 0.6) is 0 Å². The Bertz CT molecular complexity index is 215. The molecule has 2 aliphatic rings. The second-order valence-electron chi connectivity index (χ2n) is 4.03. The van der Waals surface area contributed by atoms with Gasteiger partial charge in [-0.05, 0) is 31.6 Å². The summed E-state index contributed by atoms with van der Waals surface area (Å²) in [7, 11) is 0. The minimum atomic E-state index is 0.481. The summed E-state index contributed by atoms with van der Waals surface area (Å²) in [5.41, 5.74) is 1.50. The van der Waals surface area contributed by atoms with Gasteiger partial charge in [-0.15, -0.1) is 0 Å². The summed E-state index contributed by atoms with van der Waals surface area (Å²) in [6.45, 7) is 2.19. The second-order valence-corrected chi connectivity index (χ2v) is 4.03. The first-order valence-electron chi connectivity index (χ1n) is 4.43. The third-order valence-corrected chi connectivity index (χ3v) is 2.77. The number of fused-ring (bicyclic) bond motifs is 2. The lowest BCUT2D eigenvalue weighted by atomic mass is 9.73. The molecule has 0 N–H and O–H groups in total. The van der Waals surface area contributed by atoms with Gasteiger partial charge >= 0.3 is 0 Å². The normalized spacial score (nSPS) is 36.8. The van der Waals surface area contributed by atoms with Crippen molar-refractivity contribution in [3.8, 4) is 0 Å². The van der Waals surface area contributed by atoms with Gasteiger partial charge in [0.15, 0.2) is 0 Å². The molecule has 0 aromatic heterocycles. The van der Waals surface area contributed by atoms with Crippen LogP contribution in [-0.2, 0) is 4.79 Å². The van der Waals surface area contributed by atoms with Crippen molar-refractivity contribution in [1.82, 2.24) is 0 Å². The van der Waals surface area contributed by atoms with Gasteiger partial charge in [0.2, 0.25) is 0 Å². The van der Waals surface area contributed by atoms with Crippen molar-refractivity contribution in [2.45, 2.75) is 32.6 Å². The number of ketones is 1. The predicted molar refractivity (Wildman–Crippen MR) is 44.2 cm³/mol. The Morgan fingerprint density at radius 1 is 1.36 bits per heavy atom. The van der Waals surface area contributed by atoms with Crippen LogP contribution in [-0.4, -0.2) is 5.78 Å². The van der Waals surface area contributed by atoms with Gasteiger partial charge in [0, 0.05) is 12.8 Å². The van der Waals surface area contributed by atoms with Crippen LogP contribution in [0.25, 0.3) is 0 Å². The lowest BCUT2D eigenvalue weighted by Gasteiger charge is -2.31. The Hall–Kier alpha value is -0.590. The average Bonchev–Trinajstić information content (AvgIpc) is 1.82. The Morgan fingerprint density at radius 3 is 2.91 bits per heavy atom. The van der Waals surface area contributed by atoms with Crippen molar-refractivity contribution in [3.63, 3.8) is 0 Å². The monoisotopic (exact) mass is 150 g/mol. The van der Waals surface area contributed by atoms with Crippen LogP contribution in [0.2, 0.25) is 0 Å². The largest absolute Gasteiger partial charge is 0.300 e. The Morgan fingerprint density at radius 2 is 2.18 bits per heavy atom. The molecule has 1 fully saturated rings. The molecule has 11 heavy (non-hydrogen) atoms. The molecule has 1 nitrogen and oxygen atoms in total. The first-order valence-corrected chi connectivity index (χ1v) is 4.43. The molecule has 2 rings (SSSR count). The fourth-order valence-electron chi connectivity index (χ4n) is 2.50. The standard InChI is InChI=1S/C10H14O/c1-7-2-8-4-9(3-7)6-10(11)5-8/h2,8-9H,3-6H2,1H3/t8-,9-/m0/s1. The summed E-state index contributed by atoms with van der Waals surface area (Å²) < 4.78 is 0. The molecule has 0 heterocycles. The van der Waals surface area contributed by atoms with Gasteiger partial charge in [0.25, 0.3) is 0 Å². The van der Waals surface area contributed by atoms with Gasteiger partial charge in [-0.1, -0.05) is 11.6 Å². The van der Waals surface area contributed by atoms with E-state index in [1.54, 1.807) is 0 Å². The number of rotatable bonds is 0. The summed E-state index contributed by atoms with van der Waals surface area (Å²) in [5.74, 6) is 1.76. The minimum Gasteiger partial charge on any atom is -0.300 e. The molecule has 0 aliphatic heterocycles. The molecule has 2 aliphatic carbocycles. The summed E-state index contributed by atoms with van der Waals surface area (Å²) in [6, 6.07) is 0. The van der Waals surface area contributed by atoms with Crippen LogP contribution < -0.4 is 0 Å². The zero-order valence-electron chi connectivity index (χ0n) is 6.97. The molecule has 0 saturated heterocycles. The number of allylic oxidation sites excluding steroid dienone is 2. The number of carbonyl (C=O) groups is 1. The van der Waals surface area contributed by atoms with Crippen molar-refractivity contribution in [1.29, 1.82) is 0 Å². The van der Waals surface area contributed by atoms with Crippen LogP contribution >= 0.6 is 0 Å². The minimum absolute atomic E-state index is 0.481. The van der Waals surface area contributed by atoms with Crippen LogP contribution in [0.3, 0.4) is 0 Å². The number of carbonyl (C=O) groups excluding carboxylic acids is 1. The predicted octanol–water partition coefficient (Wildman–Crippen LogP) is 2.32. The Kier molecular flexibility index (Phi) is 1.59. The molecule has 1 saturated carbocycles. The topological polar surface area (TPSA) is 17.1 Å². The molecule has 60 valence electrons. The summed E-state index contributed by atoms with van der Waals surface area (Å²) in [4.78, 5) is 11.2. The van der Waals surface area contributed by atoms with Crippen LogP contribution in [0.15, 0.2) is 11.6 Å². The fourth-order valence-corrected chi connectivity index (χ4v) is 2.50. The van der Waals surface area contributed by atoms with E-state index in [4.69, 9.17) is 0 Å². The molecule has 0 aromatic rings. The number of hydrogen-bond donors (Lipinski definition) is 0. The van der Waals surface area contributed by atoms with Crippen LogP contribution in [0.4, 0.5) is 0 Å². The Labute approximate surface area is 67.5 Å². The molecule has 0 spiro atoms. The van der Waals surface area contributed by atoms with Gasteiger partial charge in [-0.25, -0.2) is 0 Å². The van der Waals surface area contributed by atoms with E-state index in [1.807, 2.05) is 0 Å². The summed E-state index contributed by atoms with van der Waals surface area (Å²) in [6.07, 6.45) is 6.40. The lowest BCUT2D eigenvalue weighted by molar-refractivity contribution is -0.122. The maximum atomic E-state index is 11.2.